The number of aryl methyl sites for hydroxylation is 1. The number of aromatic nitrogens is 2. The van der Waals surface area contributed by atoms with Gasteiger partial charge >= 0.3 is 6.03 Å². The Morgan fingerprint density at radius 2 is 1.71 bits per heavy atom. The van der Waals surface area contributed by atoms with Crippen LogP contribution in [0.5, 0.6) is 17.2 Å². The summed E-state index contributed by atoms with van der Waals surface area (Å²) in [5.41, 5.74) is 2.07. The summed E-state index contributed by atoms with van der Waals surface area (Å²) in [6.07, 6.45) is 6.97. The highest BCUT2D eigenvalue weighted by molar-refractivity contribution is 6.00. The van der Waals surface area contributed by atoms with E-state index in [2.05, 4.69) is 45.2 Å². The van der Waals surface area contributed by atoms with Crippen LogP contribution in [-0.4, -0.2) is 59.9 Å². The van der Waals surface area contributed by atoms with Gasteiger partial charge < -0.3 is 39.6 Å². The summed E-state index contributed by atoms with van der Waals surface area (Å²) in [6, 6.07) is 27.5. The number of carbonyl (C=O) groups is 1. The molecule has 0 spiro atoms. The van der Waals surface area contributed by atoms with Gasteiger partial charge in [-0.3, -0.25) is 4.79 Å². The lowest BCUT2D eigenvalue weighted by Gasteiger charge is -2.47. The molecule has 4 aliphatic rings. The molecule has 4 heterocycles. The Balaban J connectivity index is 1.02. The largest absolute Gasteiger partial charge is 0.497 e. The van der Waals surface area contributed by atoms with Crippen LogP contribution in [0.3, 0.4) is 0 Å². The molecule has 52 heavy (non-hydrogen) atoms. The van der Waals surface area contributed by atoms with Gasteiger partial charge in [0.25, 0.3) is 5.56 Å². The molecule has 4 fully saturated rings. The van der Waals surface area contributed by atoms with Gasteiger partial charge in [0.05, 0.1) is 31.9 Å². The molecule has 2 bridgehead atoms. The molecule has 2 aromatic heterocycles. The average Bonchev–Trinajstić information content (AvgIpc) is 3.77. The fourth-order valence-corrected chi connectivity index (χ4v) is 8.24. The number of nitrogens with zero attached hydrogens (tertiary/aromatic N) is 3. The van der Waals surface area contributed by atoms with Crippen molar-refractivity contribution in [3.8, 4) is 17.2 Å². The van der Waals surface area contributed by atoms with Crippen LogP contribution in [0.4, 0.5) is 16.3 Å². The predicted molar refractivity (Wildman–Crippen MR) is 201 cm³/mol. The van der Waals surface area contributed by atoms with Gasteiger partial charge in [0.2, 0.25) is 0 Å². The number of rotatable bonds is 13. The second kappa shape index (κ2) is 13.1. The van der Waals surface area contributed by atoms with Crippen LogP contribution >= 0.6 is 0 Å². The number of benzene rings is 3. The standard InChI is InChI=1S/C41H44N6O5/c1-46-19-15-31(21-36(46)48)52-27-39-23-40(24-39,47(26-39)38(49)45-41(16-17-41)29-8-5-4-6-9-29)25-44-34-11-7-10-33-32(34)14-18-42-37(33)43-22-28-12-13-30(50-2)20-35(28)51-3/h4-15,18-21,44H,16-17,22-27H2,1-3H3,(H,42,43)(H,45,49). The molecule has 0 unspecified atom stereocenters. The maximum absolute atomic E-state index is 14.2. The van der Waals surface area contributed by atoms with E-state index < -0.39 is 5.54 Å². The lowest BCUT2D eigenvalue weighted by molar-refractivity contribution is 0.0441. The highest BCUT2D eigenvalue weighted by Gasteiger charge is 2.67. The number of nitrogens with one attached hydrogen (secondary N) is 3. The van der Waals surface area contributed by atoms with E-state index in [1.165, 1.54) is 10.6 Å². The maximum Gasteiger partial charge on any atom is 0.318 e. The molecular weight excluding hydrogens is 656 g/mol. The third kappa shape index (κ3) is 6.14. The monoisotopic (exact) mass is 700 g/mol. The van der Waals surface area contributed by atoms with Crippen molar-refractivity contribution in [1.82, 2.24) is 19.8 Å². The number of hydrogen-bond acceptors (Lipinski definition) is 8. The summed E-state index contributed by atoms with van der Waals surface area (Å²) >= 11 is 0. The number of methoxy groups -OCH3 is 2. The molecule has 2 aliphatic heterocycles. The molecule has 0 radical (unpaired) electrons. The Morgan fingerprint density at radius 3 is 2.46 bits per heavy atom. The summed E-state index contributed by atoms with van der Waals surface area (Å²) in [4.78, 5) is 33.2. The van der Waals surface area contributed by atoms with Gasteiger partial charge in [-0.15, -0.1) is 0 Å². The minimum atomic E-state index is -0.395. The van der Waals surface area contributed by atoms with Crippen molar-refractivity contribution in [3.63, 3.8) is 0 Å². The molecule has 11 heteroatoms. The predicted octanol–water partition coefficient (Wildman–Crippen LogP) is 6.29. The van der Waals surface area contributed by atoms with Crippen molar-refractivity contribution < 1.29 is 19.0 Å². The Kier molecular flexibility index (Phi) is 8.44. The smallest absolute Gasteiger partial charge is 0.318 e. The van der Waals surface area contributed by atoms with Crippen LogP contribution in [0, 0.1) is 5.41 Å². The van der Waals surface area contributed by atoms with Gasteiger partial charge in [0, 0.05) is 78.6 Å². The third-order valence-electron chi connectivity index (χ3n) is 11.1. The van der Waals surface area contributed by atoms with E-state index in [0.717, 1.165) is 70.6 Å². The third-order valence-corrected chi connectivity index (χ3v) is 11.1. The topological polar surface area (TPSA) is 119 Å². The molecule has 268 valence electrons. The number of urea groups is 1. The number of ether oxygens (including phenoxy) is 3. The second-order valence-electron chi connectivity index (χ2n) is 14.6. The number of anilines is 2. The lowest BCUT2D eigenvalue weighted by atomic mass is 9.62. The summed E-state index contributed by atoms with van der Waals surface area (Å²) in [5, 5.41) is 12.7. The van der Waals surface area contributed by atoms with E-state index in [-0.39, 0.29) is 22.5 Å². The summed E-state index contributed by atoms with van der Waals surface area (Å²) in [6.45, 7) is 2.12. The van der Waals surface area contributed by atoms with Crippen LogP contribution in [0.15, 0.2) is 102 Å². The first-order valence-corrected chi connectivity index (χ1v) is 17.8. The number of amides is 2. The minimum absolute atomic E-state index is 0.0429. The fraction of sp³-hybridized carbons (Fsp3) is 0.341. The van der Waals surface area contributed by atoms with Crippen LogP contribution in [0.25, 0.3) is 10.8 Å². The molecule has 3 N–H and O–H groups in total. The SMILES string of the molecule is COc1ccc(CNc2nccc3c(NCC45CC(COc6ccn(C)c(=O)c6)(CN4C(=O)NC4(c6ccccc6)CC4)C5)cccc23)c(OC)c1. The Hall–Kier alpha value is -5.71. The average molecular weight is 701 g/mol. The quantitative estimate of drug-likeness (QED) is 0.131. The van der Waals surface area contributed by atoms with Crippen LogP contribution < -0.4 is 35.7 Å². The van der Waals surface area contributed by atoms with Gasteiger partial charge in [0.1, 0.15) is 23.1 Å². The van der Waals surface area contributed by atoms with Gasteiger partial charge in [-0.25, -0.2) is 9.78 Å². The van der Waals surface area contributed by atoms with E-state index in [0.29, 0.717) is 32.0 Å². The van der Waals surface area contributed by atoms with Crippen molar-refractivity contribution >= 4 is 28.3 Å². The van der Waals surface area contributed by atoms with E-state index in [1.807, 2.05) is 65.7 Å². The van der Waals surface area contributed by atoms with E-state index in [1.54, 1.807) is 27.5 Å². The molecule has 11 nitrogen and oxygen atoms in total. The number of hydrogen-bond donors (Lipinski definition) is 3. The van der Waals surface area contributed by atoms with Crippen molar-refractivity contribution in [2.24, 2.45) is 12.5 Å². The van der Waals surface area contributed by atoms with Gasteiger partial charge in [-0.05, 0) is 61.6 Å². The van der Waals surface area contributed by atoms with Crippen LogP contribution in [-0.2, 0) is 19.1 Å². The normalized spacial score (nSPS) is 20.9. The Morgan fingerprint density at radius 1 is 0.885 bits per heavy atom. The van der Waals surface area contributed by atoms with Crippen molar-refractivity contribution in [2.75, 3.05) is 44.5 Å². The molecule has 0 atom stereocenters. The molecule has 5 aromatic rings. The van der Waals surface area contributed by atoms with E-state index in [9.17, 15) is 9.59 Å². The fourth-order valence-electron chi connectivity index (χ4n) is 8.24. The van der Waals surface area contributed by atoms with E-state index in [4.69, 9.17) is 14.2 Å². The van der Waals surface area contributed by atoms with Crippen molar-refractivity contribution in [2.45, 2.75) is 43.3 Å². The number of pyridine rings is 2. The molecule has 2 saturated carbocycles. The molecule has 9 rings (SSSR count). The van der Waals surface area contributed by atoms with Gasteiger partial charge in [-0.1, -0.05) is 42.5 Å². The van der Waals surface area contributed by atoms with E-state index >= 15 is 0 Å². The van der Waals surface area contributed by atoms with Gasteiger partial charge in [-0.2, -0.15) is 0 Å². The second-order valence-corrected chi connectivity index (χ2v) is 14.6. The van der Waals surface area contributed by atoms with Crippen LogP contribution in [0.1, 0.15) is 36.8 Å². The minimum Gasteiger partial charge on any atom is -0.497 e. The molecular formula is C41H44N6O5. The van der Waals surface area contributed by atoms with Crippen molar-refractivity contribution in [3.05, 3.63) is 119 Å². The first kappa shape index (κ1) is 33.4. The molecule has 2 amide bonds. The first-order chi connectivity index (χ1) is 25.2. The summed E-state index contributed by atoms with van der Waals surface area (Å²) in [5.74, 6) is 2.80. The Labute approximate surface area is 302 Å². The molecule has 3 aromatic carbocycles. The zero-order valence-corrected chi connectivity index (χ0v) is 29.8. The maximum atomic E-state index is 14.2. The number of carbonyl (C=O) groups excluding carboxylic acids is 1. The molecule has 2 saturated heterocycles. The highest BCUT2D eigenvalue weighted by atomic mass is 16.5. The highest BCUT2D eigenvalue weighted by Crippen LogP contribution is 2.60. The lowest BCUT2D eigenvalue weighted by Crippen LogP contribution is -2.58. The van der Waals surface area contributed by atoms with Gasteiger partial charge in [0.15, 0.2) is 0 Å². The zero-order valence-electron chi connectivity index (χ0n) is 29.8. The summed E-state index contributed by atoms with van der Waals surface area (Å²) < 4.78 is 18.7. The number of fused-ring (bicyclic) bond motifs is 2. The van der Waals surface area contributed by atoms with Crippen molar-refractivity contribution in [1.29, 1.82) is 0 Å². The zero-order chi connectivity index (χ0) is 35.9. The molecule has 2 aliphatic carbocycles. The van der Waals surface area contributed by atoms with Crippen LogP contribution in [0.2, 0.25) is 0 Å². The Bertz CT molecular complexity index is 2180. The first-order valence-electron chi connectivity index (χ1n) is 17.8. The summed E-state index contributed by atoms with van der Waals surface area (Å²) in [7, 11) is 5.01.